The monoisotopic (exact) mass is 542 g/mol. The topological polar surface area (TPSA) is 113 Å². The number of aliphatic hydroxyl groups is 2. The Hall–Kier alpha value is -3.82. The van der Waals surface area contributed by atoms with Gasteiger partial charge in [-0.25, -0.2) is 0 Å². The zero-order valence-corrected chi connectivity index (χ0v) is 23.2. The Kier molecular flexibility index (Phi) is 10.2. The Bertz CT molecular complexity index is 1280. The third-order valence-corrected chi connectivity index (χ3v) is 6.91. The fourth-order valence-electron chi connectivity index (χ4n) is 4.98. The van der Waals surface area contributed by atoms with E-state index in [1.807, 2.05) is 62.4 Å². The second-order valence-electron chi connectivity index (χ2n) is 10.2. The van der Waals surface area contributed by atoms with Gasteiger partial charge in [0.2, 0.25) is 0 Å². The summed E-state index contributed by atoms with van der Waals surface area (Å²) in [4.78, 5) is 13.5. The van der Waals surface area contributed by atoms with Gasteiger partial charge in [-0.05, 0) is 38.1 Å². The van der Waals surface area contributed by atoms with Crippen LogP contribution in [0.1, 0.15) is 44.8 Å². The molecule has 0 aliphatic heterocycles. The molecule has 4 N–H and O–H groups in total. The van der Waals surface area contributed by atoms with Crippen LogP contribution < -0.4 is 0 Å². The van der Waals surface area contributed by atoms with Crippen molar-refractivity contribution in [2.75, 3.05) is 13.1 Å². The normalized spacial score (nSPS) is 11.4. The van der Waals surface area contributed by atoms with Gasteiger partial charge in [-0.15, -0.1) is 0 Å². The molecule has 40 heavy (non-hydrogen) atoms. The molecule has 2 heterocycles. The standard InChI is InChI=1S/C32H38N4O4/c1-23-13-25(31(39)27(15-23)21-37)17-35(19-29-7-3-5-9-33-29)11-12-36(20-30-8-4-6-10-34-30)18-26-14-24(2)16-28(22-38)32(26)40/h3-10,13-16,37-40H,11-12,17-22H2,1-2H3. The van der Waals surface area contributed by atoms with Crippen LogP contribution in [-0.2, 0) is 39.4 Å². The highest BCUT2D eigenvalue weighted by molar-refractivity contribution is 5.44. The summed E-state index contributed by atoms with van der Waals surface area (Å²) in [5.74, 6) is 0.233. The molecule has 0 saturated heterocycles. The van der Waals surface area contributed by atoms with Crippen molar-refractivity contribution in [1.29, 1.82) is 0 Å². The molecule has 0 spiro atoms. The van der Waals surface area contributed by atoms with Crippen LogP contribution in [0.15, 0.2) is 73.1 Å². The average molecular weight is 543 g/mol. The molecule has 0 fully saturated rings. The van der Waals surface area contributed by atoms with E-state index in [0.717, 1.165) is 33.6 Å². The van der Waals surface area contributed by atoms with Gasteiger partial charge < -0.3 is 20.4 Å². The number of aliphatic hydroxyl groups excluding tert-OH is 2. The Balaban J connectivity index is 1.60. The molecule has 0 radical (unpaired) electrons. The van der Waals surface area contributed by atoms with Gasteiger partial charge in [-0.3, -0.25) is 19.8 Å². The van der Waals surface area contributed by atoms with Gasteiger partial charge in [0.05, 0.1) is 24.6 Å². The SMILES string of the molecule is Cc1cc(CO)c(O)c(CN(CCN(Cc2ccccn2)Cc2cc(C)cc(CO)c2O)Cc2ccccn2)c1. The van der Waals surface area contributed by atoms with Gasteiger partial charge in [0, 0.05) is 73.9 Å². The largest absolute Gasteiger partial charge is 0.507 e. The number of benzene rings is 2. The number of rotatable bonds is 13. The zero-order valence-electron chi connectivity index (χ0n) is 23.2. The summed E-state index contributed by atoms with van der Waals surface area (Å²) < 4.78 is 0. The van der Waals surface area contributed by atoms with E-state index in [-0.39, 0.29) is 24.7 Å². The maximum absolute atomic E-state index is 10.8. The summed E-state index contributed by atoms with van der Waals surface area (Å²) in [5.41, 5.74) is 6.30. The third kappa shape index (κ3) is 7.86. The fourth-order valence-corrected chi connectivity index (χ4v) is 4.98. The van der Waals surface area contributed by atoms with Crippen LogP contribution in [0.2, 0.25) is 0 Å². The average Bonchev–Trinajstić information content (AvgIpc) is 2.96. The molecule has 0 aliphatic rings. The van der Waals surface area contributed by atoms with Gasteiger partial charge in [0.15, 0.2) is 0 Å². The van der Waals surface area contributed by atoms with E-state index >= 15 is 0 Å². The highest BCUT2D eigenvalue weighted by Crippen LogP contribution is 2.28. The van der Waals surface area contributed by atoms with Crippen LogP contribution in [0.3, 0.4) is 0 Å². The summed E-state index contributed by atoms with van der Waals surface area (Å²) >= 11 is 0. The molecule has 8 heteroatoms. The predicted octanol–water partition coefficient (Wildman–Crippen LogP) is 4.19. The van der Waals surface area contributed by atoms with E-state index in [9.17, 15) is 20.4 Å². The van der Waals surface area contributed by atoms with E-state index in [2.05, 4.69) is 19.8 Å². The van der Waals surface area contributed by atoms with E-state index in [1.54, 1.807) is 24.5 Å². The lowest BCUT2D eigenvalue weighted by Crippen LogP contribution is -2.34. The zero-order chi connectivity index (χ0) is 28.5. The molecular weight excluding hydrogens is 504 g/mol. The molecule has 0 bridgehead atoms. The highest BCUT2D eigenvalue weighted by atomic mass is 16.3. The number of aromatic nitrogens is 2. The molecule has 4 aromatic rings. The summed E-state index contributed by atoms with van der Waals surface area (Å²) in [6.45, 7) is 6.83. The van der Waals surface area contributed by atoms with Crippen molar-refractivity contribution in [3.8, 4) is 11.5 Å². The van der Waals surface area contributed by atoms with Crippen molar-refractivity contribution in [3.63, 3.8) is 0 Å². The predicted molar refractivity (Wildman–Crippen MR) is 154 cm³/mol. The first-order chi connectivity index (χ1) is 19.4. The molecule has 0 unspecified atom stereocenters. The first-order valence-corrected chi connectivity index (χ1v) is 13.4. The second-order valence-corrected chi connectivity index (χ2v) is 10.2. The van der Waals surface area contributed by atoms with E-state index in [4.69, 9.17) is 0 Å². The maximum Gasteiger partial charge on any atom is 0.125 e. The number of hydrogen-bond donors (Lipinski definition) is 4. The van der Waals surface area contributed by atoms with E-state index in [1.165, 1.54) is 0 Å². The molecule has 0 aliphatic carbocycles. The molecule has 210 valence electrons. The van der Waals surface area contributed by atoms with Gasteiger partial charge >= 0.3 is 0 Å². The molecule has 2 aromatic heterocycles. The first kappa shape index (κ1) is 29.2. The fraction of sp³-hybridized carbons (Fsp3) is 0.312. The lowest BCUT2D eigenvalue weighted by atomic mass is 10.0. The summed E-state index contributed by atoms with van der Waals surface area (Å²) in [5, 5.41) is 41.1. The number of aromatic hydroxyl groups is 2. The van der Waals surface area contributed by atoms with Crippen molar-refractivity contribution in [2.45, 2.75) is 53.2 Å². The molecule has 8 nitrogen and oxygen atoms in total. The second kappa shape index (κ2) is 14.0. The van der Waals surface area contributed by atoms with Gasteiger partial charge in [-0.1, -0.05) is 47.5 Å². The summed E-state index contributed by atoms with van der Waals surface area (Å²) in [6.07, 6.45) is 3.54. The van der Waals surface area contributed by atoms with Crippen molar-refractivity contribution in [2.24, 2.45) is 0 Å². The third-order valence-electron chi connectivity index (χ3n) is 6.91. The van der Waals surface area contributed by atoms with Gasteiger partial charge in [0.25, 0.3) is 0 Å². The Morgan fingerprint density at radius 3 is 1.32 bits per heavy atom. The Labute approximate surface area is 235 Å². The maximum atomic E-state index is 10.8. The highest BCUT2D eigenvalue weighted by Gasteiger charge is 2.18. The first-order valence-electron chi connectivity index (χ1n) is 13.4. The minimum atomic E-state index is -0.228. The summed E-state index contributed by atoms with van der Waals surface area (Å²) in [6, 6.07) is 19.2. The smallest absolute Gasteiger partial charge is 0.125 e. The lowest BCUT2D eigenvalue weighted by molar-refractivity contribution is 0.177. The number of nitrogens with zero attached hydrogens (tertiary/aromatic N) is 4. The van der Waals surface area contributed by atoms with Gasteiger partial charge in [-0.2, -0.15) is 0 Å². The lowest BCUT2D eigenvalue weighted by Gasteiger charge is -2.28. The van der Waals surface area contributed by atoms with Crippen molar-refractivity contribution in [1.82, 2.24) is 19.8 Å². The van der Waals surface area contributed by atoms with Crippen LogP contribution in [0.25, 0.3) is 0 Å². The molecule has 0 saturated carbocycles. The van der Waals surface area contributed by atoms with Crippen LogP contribution >= 0.6 is 0 Å². The van der Waals surface area contributed by atoms with Crippen LogP contribution in [0.4, 0.5) is 0 Å². The van der Waals surface area contributed by atoms with Crippen LogP contribution in [0.5, 0.6) is 11.5 Å². The molecule has 0 amide bonds. The summed E-state index contributed by atoms with van der Waals surface area (Å²) in [7, 11) is 0. The van der Waals surface area contributed by atoms with Crippen LogP contribution in [-0.4, -0.2) is 53.3 Å². The quantitative estimate of drug-likeness (QED) is 0.199. The molecular formula is C32H38N4O4. The van der Waals surface area contributed by atoms with Crippen LogP contribution in [0, 0.1) is 13.8 Å². The number of pyridine rings is 2. The molecule has 0 atom stereocenters. The number of hydrogen-bond acceptors (Lipinski definition) is 8. The molecule has 2 aromatic carbocycles. The number of phenols is 2. The van der Waals surface area contributed by atoms with E-state index < -0.39 is 0 Å². The van der Waals surface area contributed by atoms with Crippen molar-refractivity contribution in [3.05, 3.63) is 118 Å². The Morgan fingerprint density at radius 2 is 0.975 bits per heavy atom. The number of aryl methyl sites for hydroxylation is 2. The minimum absolute atomic E-state index is 0.116. The van der Waals surface area contributed by atoms with Crippen molar-refractivity contribution >= 4 is 0 Å². The molecule has 4 rings (SSSR count). The minimum Gasteiger partial charge on any atom is -0.507 e. The van der Waals surface area contributed by atoms with E-state index in [0.29, 0.717) is 50.4 Å². The Morgan fingerprint density at radius 1 is 0.575 bits per heavy atom. The van der Waals surface area contributed by atoms with Gasteiger partial charge in [0.1, 0.15) is 11.5 Å². The van der Waals surface area contributed by atoms with Crippen molar-refractivity contribution < 1.29 is 20.4 Å².